The van der Waals surface area contributed by atoms with E-state index in [0.717, 1.165) is 29.7 Å². The monoisotopic (exact) mass is 389 g/mol. The lowest BCUT2D eigenvalue weighted by atomic mass is 9.97. The summed E-state index contributed by atoms with van der Waals surface area (Å²) in [5.41, 5.74) is 2.58. The highest BCUT2D eigenvalue weighted by molar-refractivity contribution is 7.89. The number of piperidine rings is 1. The lowest BCUT2D eigenvalue weighted by molar-refractivity contribution is 0.314. The average molecular weight is 390 g/mol. The molecule has 2 aromatic carbocycles. The highest BCUT2D eigenvalue weighted by Crippen LogP contribution is 2.32. The molecule has 0 bridgehead atoms. The molecule has 7 heteroatoms. The third-order valence-corrected chi connectivity index (χ3v) is 7.54. The van der Waals surface area contributed by atoms with Gasteiger partial charge in [-0.25, -0.2) is 13.4 Å². The molecular formula is C19H20ClN3O2S. The van der Waals surface area contributed by atoms with Crippen LogP contribution in [-0.2, 0) is 10.0 Å². The Hall–Kier alpha value is -1.89. The molecule has 1 aromatic heterocycles. The molecule has 1 saturated heterocycles. The van der Waals surface area contributed by atoms with Gasteiger partial charge in [-0.05, 0) is 49.6 Å². The molecule has 0 radical (unpaired) electrons. The molecule has 0 atom stereocenters. The Morgan fingerprint density at radius 2 is 1.85 bits per heavy atom. The van der Waals surface area contributed by atoms with Crippen molar-refractivity contribution < 1.29 is 8.42 Å². The Labute approximate surface area is 158 Å². The summed E-state index contributed by atoms with van der Waals surface area (Å²) in [6, 6.07) is 13.0. The first-order valence-electron chi connectivity index (χ1n) is 8.67. The third-order valence-electron chi connectivity index (χ3n) is 5.08. The van der Waals surface area contributed by atoms with Gasteiger partial charge in [-0.3, -0.25) is 0 Å². The van der Waals surface area contributed by atoms with Gasteiger partial charge in [0.1, 0.15) is 5.82 Å². The highest BCUT2D eigenvalue weighted by Gasteiger charge is 2.32. The van der Waals surface area contributed by atoms with Gasteiger partial charge in [0.25, 0.3) is 0 Å². The van der Waals surface area contributed by atoms with Crippen molar-refractivity contribution in [1.29, 1.82) is 0 Å². The summed E-state index contributed by atoms with van der Waals surface area (Å²) in [6.07, 6.45) is 1.50. The van der Waals surface area contributed by atoms with Crippen molar-refractivity contribution in [2.24, 2.45) is 0 Å². The van der Waals surface area contributed by atoms with Crippen molar-refractivity contribution in [3.63, 3.8) is 0 Å². The van der Waals surface area contributed by atoms with Crippen molar-refractivity contribution in [1.82, 2.24) is 14.3 Å². The number of benzene rings is 2. The molecule has 0 unspecified atom stereocenters. The van der Waals surface area contributed by atoms with Crippen molar-refractivity contribution in [3.8, 4) is 0 Å². The lowest BCUT2D eigenvalue weighted by Gasteiger charge is -2.30. The quantitative estimate of drug-likeness (QED) is 0.733. The predicted octanol–water partition coefficient (Wildman–Crippen LogP) is 4.09. The second kappa shape index (κ2) is 6.68. The maximum absolute atomic E-state index is 13.0. The van der Waals surface area contributed by atoms with E-state index >= 15 is 0 Å². The minimum absolute atomic E-state index is 0.245. The normalized spacial score (nSPS) is 17.0. The predicted molar refractivity (Wildman–Crippen MR) is 103 cm³/mol. The van der Waals surface area contributed by atoms with Crippen LogP contribution in [0.1, 0.15) is 30.1 Å². The molecule has 5 nitrogen and oxygen atoms in total. The zero-order chi connectivity index (χ0) is 18.3. The smallest absolute Gasteiger partial charge is 0.243 e. The number of halogens is 1. The summed E-state index contributed by atoms with van der Waals surface area (Å²) in [7, 11) is -3.53. The maximum atomic E-state index is 13.0. The number of rotatable bonds is 3. The van der Waals surface area contributed by atoms with Crippen molar-refractivity contribution in [3.05, 3.63) is 58.9 Å². The van der Waals surface area contributed by atoms with Gasteiger partial charge in [-0.15, -0.1) is 0 Å². The van der Waals surface area contributed by atoms with E-state index in [0.29, 0.717) is 28.6 Å². The van der Waals surface area contributed by atoms with Gasteiger partial charge in [0.15, 0.2) is 0 Å². The van der Waals surface area contributed by atoms with Crippen LogP contribution in [0.15, 0.2) is 47.4 Å². The largest absolute Gasteiger partial charge is 0.342 e. The number of H-pyrrole nitrogens is 1. The summed E-state index contributed by atoms with van der Waals surface area (Å²) < 4.78 is 27.5. The summed E-state index contributed by atoms with van der Waals surface area (Å²) >= 11 is 6.11. The van der Waals surface area contributed by atoms with Gasteiger partial charge < -0.3 is 4.98 Å². The van der Waals surface area contributed by atoms with Gasteiger partial charge in [0.05, 0.1) is 15.9 Å². The van der Waals surface area contributed by atoms with E-state index in [4.69, 9.17) is 11.6 Å². The fraction of sp³-hybridized carbons (Fsp3) is 0.316. The molecule has 0 saturated carbocycles. The van der Waals surface area contributed by atoms with Crippen LogP contribution in [0, 0.1) is 6.92 Å². The molecule has 0 aliphatic carbocycles. The van der Waals surface area contributed by atoms with E-state index in [1.807, 2.05) is 24.3 Å². The van der Waals surface area contributed by atoms with E-state index in [-0.39, 0.29) is 5.92 Å². The molecular weight excluding hydrogens is 370 g/mol. The van der Waals surface area contributed by atoms with Crippen molar-refractivity contribution in [2.45, 2.75) is 30.6 Å². The van der Waals surface area contributed by atoms with Gasteiger partial charge in [-0.2, -0.15) is 4.31 Å². The number of para-hydroxylation sites is 2. The first-order valence-corrected chi connectivity index (χ1v) is 10.5. The third kappa shape index (κ3) is 3.02. The minimum atomic E-state index is -3.53. The molecule has 1 aliphatic heterocycles. The zero-order valence-electron chi connectivity index (χ0n) is 14.4. The Bertz CT molecular complexity index is 1020. The average Bonchev–Trinajstić information content (AvgIpc) is 3.08. The first-order chi connectivity index (χ1) is 12.5. The Balaban J connectivity index is 1.53. The number of hydrogen-bond donors (Lipinski definition) is 1. The molecule has 3 aromatic rings. The number of sulfonamides is 1. The Morgan fingerprint density at radius 3 is 2.58 bits per heavy atom. The van der Waals surface area contributed by atoms with Crippen LogP contribution in [0.3, 0.4) is 0 Å². The lowest BCUT2D eigenvalue weighted by Crippen LogP contribution is -2.38. The maximum Gasteiger partial charge on any atom is 0.243 e. The van der Waals surface area contributed by atoms with Crippen molar-refractivity contribution in [2.75, 3.05) is 13.1 Å². The van der Waals surface area contributed by atoms with Crippen LogP contribution in [0.25, 0.3) is 11.0 Å². The van der Waals surface area contributed by atoms with Crippen LogP contribution >= 0.6 is 11.6 Å². The van der Waals surface area contributed by atoms with Gasteiger partial charge in [0, 0.05) is 24.0 Å². The van der Waals surface area contributed by atoms with E-state index in [2.05, 4.69) is 9.97 Å². The van der Waals surface area contributed by atoms with Gasteiger partial charge in [-0.1, -0.05) is 29.8 Å². The molecule has 136 valence electrons. The molecule has 4 rings (SSSR count). The van der Waals surface area contributed by atoms with Crippen LogP contribution in [0.5, 0.6) is 0 Å². The Kier molecular flexibility index (Phi) is 4.50. The number of imidazole rings is 1. The molecule has 26 heavy (non-hydrogen) atoms. The van der Waals surface area contributed by atoms with Gasteiger partial charge in [0.2, 0.25) is 10.0 Å². The van der Waals surface area contributed by atoms with E-state index in [1.54, 1.807) is 29.4 Å². The summed E-state index contributed by atoms with van der Waals surface area (Å²) in [4.78, 5) is 8.34. The summed E-state index contributed by atoms with van der Waals surface area (Å²) in [6.45, 7) is 2.71. The number of aromatic amines is 1. The van der Waals surface area contributed by atoms with Gasteiger partial charge >= 0.3 is 0 Å². The molecule has 0 spiro atoms. The number of hydrogen-bond acceptors (Lipinski definition) is 3. The molecule has 1 fully saturated rings. The van der Waals surface area contributed by atoms with Crippen LogP contribution in [-0.4, -0.2) is 35.8 Å². The molecule has 1 N–H and O–H groups in total. The Morgan fingerprint density at radius 1 is 1.12 bits per heavy atom. The number of nitrogens with one attached hydrogen (secondary N) is 1. The van der Waals surface area contributed by atoms with E-state index < -0.39 is 10.0 Å². The second-order valence-corrected chi connectivity index (χ2v) is 8.99. The standard InChI is InChI=1S/C19H20ClN3O2S/c1-13-15(20)5-4-8-18(13)26(24,25)23-11-9-14(10-12-23)19-21-16-6-2-3-7-17(16)22-19/h2-8,14H,9-12H2,1H3,(H,21,22). The van der Waals surface area contributed by atoms with Crippen LogP contribution < -0.4 is 0 Å². The van der Waals surface area contributed by atoms with E-state index in [1.165, 1.54) is 0 Å². The fourth-order valence-corrected chi connectivity index (χ4v) is 5.49. The molecule has 2 heterocycles. The van der Waals surface area contributed by atoms with Crippen LogP contribution in [0.4, 0.5) is 0 Å². The molecule has 1 aliphatic rings. The van der Waals surface area contributed by atoms with Crippen molar-refractivity contribution >= 4 is 32.7 Å². The number of nitrogens with zero attached hydrogens (tertiary/aromatic N) is 2. The molecule has 0 amide bonds. The second-order valence-electron chi connectivity index (χ2n) is 6.68. The topological polar surface area (TPSA) is 66.1 Å². The number of aromatic nitrogens is 2. The minimum Gasteiger partial charge on any atom is -0.342 e. The summed E-state index contributed by atoms with van der Waals surface area (Å²) in [5.74, 6) is 1.19. The van der Waals surface area contributed by atoms with Crippen LogP contribution in [0.2, 0.25) is 5.02 Å². The summed E-state index contributed by atoms with van der Waals surface area (Å²) in [5, 5.41) is 0.475. The number of fused-ring (bicyclic) bond motifs is 1. The fourth-order valence-electron chi connectivity index (χ4n) is 3.54. The highest BCUT2D eigenvalue weighted by atomic mass is 35.5. The SMILES string of the molecule is Cc1c(Cl)cccc1S(=O)(=O)N1CCC(c2nc3ccccc3[nH]2)CC1. The zero-order valence-corrected chi connectivity index (χ0v) is 16.0. The first kappa shape index (κ1) is 17.5. The van der Waals surface area contributed by atoms with E-state index in [9.17, 15) is 8.42 Å².